The van der Waals surface area contributed by atoms with Gasteiger partial charge in [0.25, 0.3) is 0 Å². The van der Waals surface area contributed by atoms with Gasteiger partial charge in [-0.05, 0) is 42.7 Å². The van der Waals surface area contributed by atoms with Gasteiger partial charge < -0.3 is 14.5 Å². The average molecular weight is 471 g/mol. The Kier molecular flexibility index (Phi) is 10.4. The molecule has 1 fully saturated rings. The van der Waals surface area contributed by atoms with Gasteiger partial charge >= 0.3 is 0 Å². The molecular weight excluding hydrogens is 432 g/mol. The Hall–Kier alpha value is -2.18. The van der Waals surface area contributed by atoms with E-state index in [0.29, 0.717) is 19.6 Å². The summed E-state index contributed by atoms with van der Waals surface area (Å²) in [5, 5.41) is 2.04. The van der Waals surface area contributed by atoms with Crippen molar-refractivity contribution in [3.63, 3.8) is 0 Å². The molecule has 1 aromatic carbocycles. The molecule has 1 aliphatic rings. The third-order valence-corrected chi connectivity index (χ3v) is 7.19. The number of carbonyl (C=O) groups is 2. The number of nitrogens with zero attached hydrogens (tertiary/aromatic N) is 2. The molecule has 180 valence electrons. The number of thiophene rings is 1. The zero-order valence-electron chi connectivity index (χ0n) is 20.1. The van der Waals surface area contributed by atoms with Crippen LogP contribution in [0.5, 0.6) is 0 Å². The van der Waals surface area contributed by atoms with Crippen LogP contribution in [-0.2, 0) is 27.4 Å². The van der Waals surface area contributed by atoms with Crippen molar-refractivity contribution in [2.24, 2.45) is 5.92 Å². The zero-order valence-corrected chi connectivity index (χ0v) is 20.9. The first-order valence-electron chi connectivity index (χ1n) is 12.3. The maximum Gasteiger partial charge on any atom is 0.242 e. The van der Waals surface area contributed by atoms with Crippen LogP contribution in [0.3, 0.4) is 0 Å². The fourth-order valence-corrected chi connectivity index (χ4v) is 5.09. The monoisotopic (exact) mass is 470 g/mol. The number of hydrogen-bond donors (Lipinski definition) is 0. The Morgan fingerprint density at radius 3 is 2.55 bits per heavy atom. The Morgan fingerprint density at radius 1 is 1.09 bits per heavy atom. The minimum Gasteiger partial charge on any atom is -0.376 e. The second kappa shape index (κ2) is 13.5. The van der Waals surface area contributed by atoms with E-state index in [1.807, 2.05) is 46.7 Å². The quantitative estimate of drug-likeness (QED) is 0.388. The molecule has 2 atom stereocenters. The van der Waals surface area contributed by atoms with Gasteiger partial charge in [-0.2, -0.15) is 0 Å². The molecule has 1 aliphatic heterocycles. The molecule has 0 saturated carbocycles. The van der Waals surface area contributed by atoms with Crippen LogP contribution in [0, 0.1) is 5.92 Å². The molecule has 2 heterocycles. The molecule has 1 aromatic heterocycles. The SMILES string of the molecule is CCCC[C@H](CC)C(=O)N(CC(=O)N(Cc1ccccc1)Cc1cccs1)C[C@@H]1CCCO1. The van der Waals surface area contributed by atoms with E-state index in [-0.39, 0.29) is 30.4 Å². The van der Waals surface area contributed by atoms with E-state index in [0.717, 1.165) is 55.6 Å². The van der Waals surface area contributed by atoms with Gasteiger partial charge in [0, 0.05) is 30.5 Å². The van der Waals surface area contributed by atoms with E-state index in [4.69, 9.17) is 4.74 Å². The summed E-state index contributed by atoms with van der Waals surface area (Å²) >= 11 is 1.65. The number of ether oxygens (including phenoxy) is 1. The van der Waals surface area contributed by atoms with Crippen molar-refractivity contribution in [2.45, 2.75) is 71.6 Å². The third kappa shape index (κ3) is 7.97. The van der Waals surface area contributed by atoms with Crippen molar-refractivity contribution < 1.29 is 14.3 Å². The van der Waals surface area contributed by atoms with Gasteiger partial charge in [-0.3, -0.25) is 9.59 Å². The van der Waals surface area contributed by atoms with E-state index in [1.54, 1.807) is 16.2 Å². The average Bonchev–Trinajstić information content (AvgIpc) is 3.53. The lowest BCUT2D eigenvalue weighted by atomic mass is 9.97. The predicted molar refractivity (Wildman–Crippen MR) is 134 cm³/mol. The number of amides is 2. The second-order valence-electron chi connectivity index (χ2n) is 8.92. The summed E-state index contributed by atoms with van der Waals surface area (Å²) in [5.41, 5.74) is 1.09. The van der Waals surface area contributed by atoms with E-state index in [1.165, 1.54) is 0 Å². The van der Waals surface area contributed by atoms with E-state index in [2.05, 4.69) is 19.9 Å². The van der Waals surface area contributed by atoms with Crippen LogP contribution in [0.25, 0.3) is 0 Å². The standard InChI is InChI=1S/C27H38N2O3S/c1-3-5-13-23(4-2)27(31)29(19-24-14-9-16-32-24)21-26(30)28(20-25-15-10-17-33-25)18-22-11-7-6-8-12-22/h6-8,10-12,15,17,23-24H,3-5,9,13-14,16,18-21H2,1-2H3/t23-,24-/m0/s1. The van der Waals surface area contributed by atoms with Gasteiger partial charge in [0.1, 0.15) is 0 Å². The maximum atomic E-state index is 13.6. The smallest absolute Gasteiger partial charge is 0.242 e. The molecule has 0 bridgehead atoms. The van der Waals surface area contributed by atoms with E-state index < -0.39 is 0 Å². The first-order valence-corrected chi connectivity index (χ1v) is 13.2. The normalized spacial score (nSPS) is 16.5. The van der Waals surface area contributed by atoms with Crippen LogP contribution in [0.2, 0.25) is 0 Å². The molecule has 1 saturated heterocycles. The number of unbranched alkanes of at least 4 members (excludes halogenated alkanes) is 1. The highest BCUT2D eigenvalue weighted by Gasteiger charge is 2.29. The van der Waals surface area contributed by atoms with Gasteiger partial charge in [-0.15, -0.1) is 11.3 Å². The Morgan fingerprint density at radius 2 is 1.91 bits per heavy atom. The van der Waals surface area contributed by atoms with Gasteiger partial charge in [-0.1, -0.05) is 63.1 Å². The lowest BCUT2D eigenvalue weighted by Gasteiger charge is -2.31. The Balaban J connectivity index is 1.75. The summed E-state index contributed by atoms with van der Waals surface area (Å²) in [6.07, 6.45) is 5.79. The fourth-order valence-electron chi connectivity index (χ4n) is 4.37. The minimum absolute atomic E-state index is 0.0102. The number of benzene rings is 1. The molecule has 5 nitrogen and oxygen atoms in total. The third-order valence-electron chi connectivity index (χ3n) is 6.33. The molecule has 6 heteroatoms. The molecule has 33 heavy (non-hydrogen) atoms. The molecule has 2 amide bonds. The summed E-state index contributed by atoms with van der Waals surface area (Å²) in [5.74, 6) is 0.0635. The number of hydrogen-bond acceptors (Lipinski definition) is 4. The van der Waals surface area contributed by atoms with Crippen molar-refractivity contribution in [3.05, 3.63) is 58.3 Å². The second-order valence-corrected chi connectivity index (χ2v) is 9.95. The molecule has 0 radical (unpaired) electrons. The zero-order chi connectivity index (χ0) is 23.5. The highest BCUT2D eigenvalue weighted by atomic mass is 32.1. The van der Waals surface area contributed by atoms with Crippen LogP contribution in [0.1, 0.15) is 62.8 Å². The highest BCUT2D eigenvalue weighted by molar-refractivity contribution is 7.09. The predicted octanol–water partition coefficient (Wildman–Crippen LogP) is 5.50. The summed E-state index contributed by atoms with van der Waals surface area (Å²) < 4.78 is 5.83. The molecule has 3 rings (SSSR count). The van der Waals surface area contributed by atoms with Crippen LogP contribution >= 0.6 is 11.3 Å². The van der Waals surface area contributed by atoms with Gasteiger partial charge in [0.05, 0.1) is 19.2 Å². The van der Waals surface area contributed by atoms with E-state index in [9.17, 15) is 9.59 Å². The Labute approximate surface area is 202 Å². The molecule has 0 spiro atoms. The lowest BCUT2D eigenvalue weighted by Crippen LogP contribution is -2.47. The van der Waals surface area contributed by atoms with E-state index >= 15 is 0 Å². The van der Waals surface area contributed by atoms with Crippen LogP contribution in [0.4, 0.5) is 0 Å². The molecule has 0 N–H and O–H groups in total. The van der Waals surface area contributed by atoms with Crippen LogP contribution < -0.4 is 0 Å². The maximum absolute atomic E-state index is 13.6. The summed E-state index contributed by atoms with van der Waals surface area (Å²) in [6.45, 7) is 6.67. The van der Waals surface area contributed by atoms with Crippen LogP contribution in [0.15, 0.2) is 47.8 Å². The molecule has 0 aliphatic carbocycles. The van der Waals surface area contributed by atoms with Crippen molar-refractivity contribution >= 4 is 23.2 Å². The lowest BCUT2D eigenvalue weighted by molar-refractivity contribution is -0.145. The molecular formula is C27H38N2O3S. The van der Waals surface area contributed by atoms with Crippen molar-refractivity contribution in [1.82, 2.24) is 9.80 Å². The first kappa shape index (κ1) is 25.4. The van der Waals surface area contributed by atoms with Crippen LogP contribution in [-0.4, -0.2) is 47.4 Å². The first-order chi connectivity index (χ1) is 16.1. The number of carbonyl (C=O) groups excluding carboxylic acids is 2. The molecule has 0 unspecified atom stereocenters. The topological polar surface area (TPSA) is 49.9 Å². The highest BCUT2D eigenvalue weighted by Crippen LogP contribution is 2.21. The largest absolute Gasteiger partial charge is 0.376 e. The Bertz CT molecular complexity index is 834. The minimum atomic E-state index is -0.0287. The fraction of sp³-hybridized carbons (Fsp3) is 0.556. The van der Waals surface area contributed by atoms with Gasteiger partial charge in [0.2, 0.25) is 11.8 Å². The summed E-state index contributed by atoms with van der Waals surface area (Å²) in [4.78, 5) is 31.9. The molecule has 2 aromatic rings. The van der Waals surface area contributed by atoms with Gasteiger partial charge in [-0.25, -0.2) is 0 Å². The van der Waals surface area contributed by atoms with Crippen molar-refractivity contribution in [2.75, 3.05) is 19.7 Å². The number of rotatable bonds is 13. The van der Waals surface area contributed by atoms with Crippen molar-refractivity contribution in [1.29, 1.82) is 0 Å². The summed E-state index contributed by atoms with van der Waals surface area (Å²) in [7, 11) is 0. The van der Waals surface area contributed by atoms with Gasteiger partial charge in [0.15, 0.2) is 0 Å². The van der Waals surface area contributed by atoms with Crippen molar-refractivity contribution in [3.8, 4) is 0 Å². The summed E-state index contributed by atoms with van der Waals surface area (Å²) in [6, 6.07) is 14.1.